The van der Waals surface area contributed by atoms with Crippen molar-refractivity contribution in [2.75, 3.05) is 19.6 Å². The second-order valence-corrected chi connectivity index (χ2v) is 8.22. The van der Waals surface area contributed by atoms with E-state index in [0.717, 1.165) is 34.2 Å². The number of furan rings is 1. The number of Topliss-reactive ketones (excluding diaryl/α,β-unsaturated/α-hetero) is 1. The van der Waals surface area contributed by atoms with E-state index in [1.807, 2.05) is 42.5 Å². The van der Waals surface area contributed by atoms with Gasteiger partial charge in [-0.1, -0.05) is 42.5 Å². The van der Waals surface area contributed by atoms with Gasteiger partial charge in [0.1, 0.15) is 5.58 Å². The fourth-order valence-electron chi connectivity index (χ4n) is 5.03. The Kier molecular flexibility index (Phi) is 4.53. The number of ketones is 1. The van der Waals surface area contributed by atoms with E-state index in [4.69, 9.17) is 10.2 Å². The average Bonchev–Trinajstić information content (AvgIpc) is 3.19. The summed E-state index contributed by atoms with van der Waals surface area (Å²) < 4.78 is 6.13. The van der Waals surface area contributed by atoms with Crippen molar-refractivity contribution in [2.45, 2.75) is 25.8 Å². The number of hydrogen-bond acceptors (Lipinski definition) is 4. The van der Waals surface area contributed by atoms with Gasteiger partial charge in [-0.15, -0.1) is 0 Å². The lowest BCUT2D eigenvalue weighted by Crippen LogP contribution is -2.47. The molecular weight excluding hydrogens is 348 g/mol. The molecule has 0 saturated carbocycles. The molecule has 3 fully saturated rings. The number of para-hydroxylation sites is 1. The maximum Gasteiger partial charge on any atom is 0.198 e. The van der Waals surface area contributed by atoms with E-state index < -0.39 is 0 Å². The molecule has 2 N–H and O–H groups in total. The lowest BCUT2D eigenvalue weighted by molar-refractivity contribution is 0.0433. The Labute approximate surface area is 165 Å². The third kappa shape index (κ3) is 3.07. The fraction of sp³-hybridized carbons (Fsp3) is 0.375. The van der Waals surface area contributed by atoms with Crippen molar-refractivity contribution >= 4 is 16.8 Å². The molecule has 0 amide bonds. The first-order valence-electron chi connectivity index (χ1n) is 10.3. The summed E-state index contributed by atoms with van der Waals surface area (Å²) in [6.07, 6.45) is 3.06. The molecule has 3 aliphatic heterocycles. The molecule has 2 bridgehead atoms. The highest BCUT2D eigenvalue weighted by Crippen LogP contribution is 2.37. The highest BCUT2D eigenvalue weighted by Gasteiger charge is 2.35. The predicted octanol–water partition coefficient (Wildman–Crippen LogP) is 4.47. The molecule has 0 unspecified atom stereocenters. The van der Waals surface area contributed by atoms with E-state index in [-0.39, 0.29) is 5.78 Å². The first-order valence-corrected chi connectivity index (χ1v) is 10.3. The molecule has 4 nitrogen and oxygen atoms in total. The first-order chi connectivity index (χ1) is 13.7. The SMILES string of the molecule is NCc1ccccc1-c1cccc2cc(C(=O)C[C@@H]3CN4CCC3CC4)oc12. The van der Waals surface area contributed by atoms with Gasteiger partial charge in [-0.3, -0.25) is 4.79 Å². The van der Waals surface area contributed by atoms with E-state index in [1.54, 1.807) is 0 Å². The molecule has 0 aliphatic carbocycles. The Morgan fingerprint density at radius 2 is 1.86 bits per heavy atom. The zero-order valence-electron chi connectivity index (χ0n) is 16.1. The summed E-state index contributed by atoms with van der Waals surface area (Å²) in [6, 6.07) is 16.1. The number of piperidine rings is 3. The molecule has 6 rings (SSSR count). The lowest BCUT2D eigenvalue weighted by atomic mass is 9.76. The molecule has 2 aromatic carbocycles. The van der Waals surface area contributed by atoms with Crippen LogP contribution in [0.3, 0.4) is 0 Å². The number of fused-ring (bicyclic) bond motifs is 4. The minimum absolute atomic E-state index is 0.132. The van der Waals surface area contributed by atoms with E-state index in [0.29, 0.717) is 30.6 Å². The number of carbonyl (C=O) groups excluding carboxylic acids is 1. The highest BCUT2D eigenvalue weighted by molar-refractivity contribution is 6.01. The van der Waals surface area contributed by atoms with Crippen molar-refractivity contribution in [3.63, 3.8) is 0 Å². The summed E-state index contributed by atoms with van der Waals surface area (Å²) in [5.74, 6) is 1.79. The molecular formula is C24H26N2O2. The van der Waals surface area contributed by atoms with Crippen molar-refractivity contribution in [3.05, 3.63) is 59.9 Å². The standard InChI is InChI=1S/C24H26N2O2/c25-14-18-4-1-2-6-20(18)21-7-3-5-17-13-23(28-24(17)21)22(27)12-19-15-26-10-8-16(19)9-11-26/h1-7,13,16,19H,8-12,14-15,25H2/t19-/m1/s1. The van der Waals surface area contributed by atoms with Crippen LogP contribution in [0.4, 0.5) is 0 Å². The monoisotopic (exact) mass is 374 g/mol. The smallest absolute Gasteiger partial charge is 0.198 e. The molecule has 0 radical (unpaired) electrons. The molecule has 4 heterocycles. The van der Waals surface area contributed by atoms with Crippen LogP contribution in [-0.2, 0) is 6.54 Å². The van der Waals surface area contributed by atoms with Gasteiger partial charge in [-0.25, -0.2) is 0 Å². The molecule has 3 aliphatic rings. The molecule has 28 heavy (non-hydrogen) atoms. The molecule has 144 valence electrons. The summed E-state index contributed by atoms with van der Waals surface area (Å²) in [6.45, 7) is 3.93. The van der Waals surface area contributed by atoms with Gasteiger partial charge < -0.3 is 15.1 Å². The van der Waals surface area contributed by atoms with E-state index in [9.17, 15) is 4.79 Å². The number of rotatable bonds is 5. The van der Waals surface area contributed by atoms with Crippen molar-refractivity contribution in [1.82, 2.24) is 4.90 Å². The van der Waals surface area contributed by atoms with Gasteiger partial charge in [0.05, 0.1) is 0 Å². The zero-order chi connectivity index (χ0) is 19.1. The average molecular weight is 374 g/mol. The second-order valence-electron chi connectivity index (χ2n) is 8.22. The zero-order valence-corrected chi connectivity index (χ0v) is 16.1. The normalized spacial score (nSPS) is 24.0. The Hall–Kier alpha value is -2.43. The van der Waals surface area contributed by atoms with Crippen LogP contribution in [0.1, 0.15) is 35.4 Å². The van der Waals surface area contributed by atoms with Crippen molar-refractivity contribution in [1.29, 1.82) is 0 Å². The van der Waals surface area contributed by atoms with Gasteiger partial charge >= 0.3 is 0 Å². The van der Waals surface area contributed by atoms with Crippen LogP contribution >= 0.6 is 0 Å². The van der Waals surface area contributed by atoms with Crippen LogP contribution in [0.25, 0.3) is 22.1 Å². The van der Waals surface area contributed by atoms with E-state index in [1.165, 1.54) is 25.9 Å². The molecule has 4 heteroatoms. The lowest BCUT2D eigenvalue weighted by Gasteiger charge is -2.44. The van der Waals surface area contributed by atoms with Gasteiger partial charge in [-0.05, 0) is 55.0 Å². The number of hydrogen-bond donors (Lipinski definition) is 1. The van der Waals surface area contributed by atoms with Crippen LogP contribution < -0.4 is 5.73 Å². The van der Waals surface area contributed by atoms with E-state index in [2.05, 4.69) is 11.0 Å². The van der Waals surface area contributed by atoms with Gasteiger partial charge in [0, 0.05) is 30.5 Å². The van der Waals surface area contributed by atoms with Crippen LogP contribution in [0, 0.1) is 11.8 Å². The van der Waals surface area contributed by atoms with Gasteiger partial charge in [-0.2, -0.15) is 0 Å². The Balaban J connectivity index is 1.46. The summed E-state index contributed by atoms with van der Waals surface area (Å²) in [7, 11) is 0. The quantitative estimate of drug-likeness (QED) is 0.669. The minimum Gasteiger partial charge on any atom is -0.452 e. The minimum atomic E-state index is 0.132. The topological polar surface area (TPSA) is 59.5 Å². The van der Waals surface area contributed by atoms with Crippen LogP contribution in [0.2, 0.25) is 0 Å². The van der Waals surface area contributed by atoms with Crippen molar-refractivity contribution in [3.8, 4) is 11.1 Å². The summed E-state index contributed by atoms with van der Waals surface area (Å²) in [5, 5.41) is 0.974. The van der Waals surface area contributed by atoms with Gasteiger partial charge in [0.25, 0.3) is 0 Å². The third-order valence-corrected chi connectivity index (χ3v) is 6.59. The van der Waals surface area contributed by atoms with Crippen LogP contribution in [0.5, 0.6) is 0 Å². The summed E-state index contributed by atoms with van der Waals surface area (Å²) >= 11 is 0. The number of nitrogens with zero attached hydrogens (tertiary/aromatic N) is 1. The Bertz CT molecular complexity index is 1010. The first kappa shape index (κ1) is 17.7. The molecule has 3 aromatic rings. The third-order valence-electron chi connectivity index (χ3n) is 6.59. The Morgan fingerprint density at radius 3 is 2.61 bits per heavy atom. The van der Waals surface area contributed by atoms with Gasteiger partial charge in [0.15, 0.2) is 11.5 Å². The number of benzene rings is 2. The maximum atomic E-state index is 13.0. The largest absolute Gasteiger partial charge is 0.452 e. The van der Waals surface area contributed by atoms with E-state index >= 15 is 0 Å². The van der Waals surface area contributed by atoms with Crippen LogP contribution in [0.15, 0.2) is 52.9 Å². The van der Waals surface area contributed by atoms with Crippen LogP contribution in [-0.4, -0.2) is 30.3 Å². The van der Waals surface area contributed by atoms with Crippen molar-refractivity contribution in [2.24, 2.45) is 17.6 Å². The van der Waals surface area contributed by atoms with Crippen molar-refractivity contribution < 1.29 is 9.21 Å². The summed E-state index contributed by atoms with van der Waals surface area (Å²) in [5.41, 5.74) is 9.86. The second kappa shape index (κ2) is 7.19. The molecule has 1 aromatic heterocycles. The maximum absolute atomic E-state index is 13.0. The molecule has 0 spiro atoms. The fourth-order valence-corrected chi connectivity index (χ4v) is 5.03. The Morgan fingerprint density at radius 1 is 1.07 bits per heavy atom. The highest BCUT2D eigenvalue weighted by atomic mass is 16.3. The predicted molar refractivity (Wildman–Crippen MR) is 111 cm³/mol. The molecule has 3 saturated heterocycles. The summed E-state index contributed by atoms with van der Waals surface area (Å²) in [4.78, 5) is 15.5. The van der Waals surface area contributed by atoms with Gasteiger partial charge in [0.2, 0.25) is 0 Å². The molecule has 1 atom stereocenters. The number of nitrogens with two attached hydrogens (primary N) is 1. The number of carbonyl (C=O) groups is 1.